The van der Waals surface area contributed by atoms with Crippen molar-refractivity contribution in [2.45, 2.75) is 32.1 Å². The molecule has 0 unspecified atom stereocenters. The third kappa shape index (κ3) is 2.23. The van der Waals surface area contributed by atoms with Crippen LogP contribution >= 0.6 is 0 Å². The summed E-state index contributed by atoms with van der Waals surface area (Å²) in [5, 5.41) is 8.87. The van der Waals surface area contributed by atoms with Gasteiger partial charge in [-0.25, -0.2) is 0 Å². The Morgan fingerprint density at radius 1 is 1.67 bits per heavy atom. The summed E-state index contributed by atoms with van der Waals surface area (Å²) >= 11 is 0. The van der Waals surface area contributed by atoms with E-state index in [1.807, 2.05) is 6.08 Å². The molecular formula is C11H15N. The fourth-order valence-corrected chi connectivity index (χ4v) is 1.63. The highest BCUT2D eigenvalue weighted by atomic mass is 14.3. The molecule has 0 amide bonds. The summed E-state index contributed by atoms with van der Waals surface area (Å²) in [6, 6.07) is 2.33. The Hall–Kier alpha value is -1.03. The molecule has 12 heavy (non-hydrogen) atoms. The van der Waals surface area contributed by atoms with Crippen molar-refractivity contribution in [2.24, 2.45) is 5.92 Å². The lowest BCUT2D eigenvalue weighted by molar-refractivity contribution is 0.632. The summed E-state index contributed by atoms with van der Waals surface area (Å²) in [7, 11) is 0. The first kappa shape index (κ1) is 9.06. The van der Waals surface area contributed by atoms with Crippen molar-refractivity contribution in [3.63, 3.8) is 0 Å². The third-order valence-electron chi connectivity index (χ3n) is 2.33. The molecule has 0 saturated heterocycles. The Kier molecular flexibility index (Phi) is 3.60. The Bertz CT molecular complexity index is 220. The van der Waals surface area contributed by atoms with Crippen molar-refractivity contribution in [1.82, 2.24) is 0 Å². The molecule has 64 valence electrons. The van der Waals surface area contributed by atoms with Crippen LogP contribution in [-0.4, -0.2) is 0 Å². The number of hydrogen-bond donors (Lipinski definition) is 0. The fraction of sp³-hybridized carbons (Fsp3) is 0.545. The molecule has 0 aromatic heterocycles. The van der Waals surface area contributed by atoms with E-state index in [0.29, 0.717) is 0 Å². The Balaban J connectivity index is 2.58. The van der Waals surface area contributed by atoms with Gasteiger partial charge in [-0.1, -0.05) is 17.7 Å². The second-order valence-electron chi connectivity index (χ2n) is 3.23. The molecule has 0 aromatic carbocycles. The second kappa shape index (κ2) is 4.77. The molecule has 0 aliphatic heterocycles. The van der Waals surface area contributed by atoms with Crippen molar-refractivity contribution < 1.29 is 0 Å². The Morgan fingerprint density at radius 3 is 3.00 bits per heavy atom. The molecule has 1 rings (SSSR count). The van der Waals surface area contributed by atoms with Crippen molar-refractivity contribution in [2.75, 3.05) is 0 Å². The van der Waals surface area contributed by atoms with Gasteiger partial charge in [-0.3, -0.25) is 0 Å². The van der Waals surface area contributed by atoms with E-state index in [9.17, 15) is 0 Å². The van der Waals surface area contributed by atoms with Crippen LogP contribution in [0.5, 0.6) is 0 Å². The van der Waals surface area contributed by atoms with E-state index in [1.54, 1.807) is 0 Å². The number of nitriles is 1. The highest BCUT2D eigenvalue weighted by molar-refractivity contribution is 5.17. The summed E-state index contributed by atoms with van der Waals surface area (Å²) in [4.78, 5) is 0. The van der Waals surface area contributed by atoms with Gasteiger partial charge in [0.05, 0.1) is 12.0 Å². The van der Waals surface area contributed by atoms with E-state index >= 15 is 0 Å². The third-order valence-corrected chi connectivity index (χ3v) is 2.33. The standard InChI is InChI=1S/C11H15N/c1-2-6-11(9-12)10-7-4-3-5-8-10/h2,7,11H,1,3-6,8H2/t11-/m1/s1. The molecule has 0 heterocycles. The first-order chi connectivity index (χ1) is 5.88. The van der Waals surface area contributed by atoms with Gasteiger partial charge in [-0.05, 0) is 32.1 Å². The van der Waals surface area contributed by atoms with Gasteiger partial charge in [0.2, 0.25) is 0 Å². The van der Waals surface area contributed by atoms with Crippen LogP contribution in [-0.2, 0) is 0 Å². The lowest BCUT2D eigenvalue weighted by Gasteiger charge is -2.15. The quantitative estimate of drug-likeness (QED) is 0.583. The molecule has 1 heteroatoms. The Morgan fingerprint density at radius 2 is 2.50 bits per heavy atom. The zero-order chi connectivity index (χ0) is 8.81. The molecule has 0 saturated carbocycles. The average Bonchev–Trinajstić information content (AvgIpc) is 2.15. The topological polar surface area (TPSA) is 23.8 Å². The van der Waals surface area contributed by atoms with Crippen molar-refractivity contribution in [1.29, 1.82) is 5.26 Å². The zero-order valence-electron chi connectivity index (χ0n) is 7.42. The summed E-state index contributed by atoms with van der Waals surface area (Å²) in [5.41, 5.74) is 1.34. The minimum absolute atomic E-state index is 0.0998. The van der Waals surface area contributed by atoms with Gasteiger partial charge in [0.15, 0.2) is 0 Å². The number of rotatable bonds is 3. The molecule has 0 bridgehead atoms. The highest BCUT2D eigenvalue weighted by Crippen LogP contribution is 2.25. The number of nitrogens with zero attached hydrogens (tertiary/aromatic N) is 1. The molecule has 0 N–H and O–H groups in total. The smallest absolute Gasteiger partial charge is 0.0707 e. The maximum absolute atomic E-state index is 8.87. The Labute approximate surface area is 74.4 Å². The lowest BCUT2D eigenvalue weighted by Crippen LogP contribution is -2.03. The molecule has 0 radical (unpaired) electrons. The predicted molar refractivity (Wildman–Crippen MR) is 50.5 cm³/mol. The van der Waals surface area contributed by atoms with Crippen LogP contribution in [0.2, 0.25) is 0 Å². The van der Waals surface area contributed by atoms with Gasteiger partial charge < -0.3 is 0 Å². The van der Waals surface area contributed by atoms with Crippen LogP contribution in [0.4, 0.5) is 0 Å². The van der Waals surface area contributed by atoms with Gasteiger partial charge in [-0.15, -0.1) is 6.58 Å². The van der Waals surface area contributed by atoms with Crippen molar-refractivity contribution in [3.05, 3.63) is 24.3 Å². The van der Waals surface area contributed by atoms with Crippen LogP contribution in [0.3, 0.4) is 0 Å². The zero-order valence-corrected chi connectivity index (χ0v) is 7.42. The first-order valence-electron chi connectivity index (χ1n) is 4.58. The summed E-state index contributed by atoms with van der Waals surface area (Å²) < 4.78 is 0. The molecule has 0 aromatic rings. The monoisotopic (exact) mass is 161 g/mol. The molecule has 0 spiro atoms. The maximum atomic E-state index is 8.87. The van der Waals surface area contributed by atoms with Gasteiger partial charge >= 0.3 is 0 Å². The fourth-order valence-electron chi connectivity index (χ4n) is 1.63. The van der Waals surface area contributed by atoms with Crippen molar-refractivity contribution >= 4 is 0 Å². The largest absolute Gasteiger partial charge is 0.198 e. The van der Waals surface area contributed by atoms with E-state index in [4.69, 9.17) is 5.26 Å². The summed E-state index contributed by atoms with van der Waals surface area (Å²) in [6.45, 7) is 3.66. The average molecular weight is 161 g/mol. The number of allylic oxidation sites excluding steroid dienone is 3. The SMILES string of the molecule is C=CC[C@H](C#N)C1=CCCCC1. The van der Waals surface area contributed by atoms with Crippen LogP contribution in [0.25, 0.3) is 0 Å². The van der Waals surface area contributed by atoms with Crippen LogP contribution < -0.4 is 0 Å². The molecule has 0 fully saturated rings. The van der Waals surface area contributed by atoms with Gasteiger partial charge in [0.1, 0.15) is 0 Å². The van der Waals surface area contributed by atoms with E-state index in [0.717, 1.165) is 19.3 Å². The predicted octanol–water partition coefficient (Wildman–Crippen LogP) is 3.20. The highest BCUT2D eigenvalue weighted by Gasteiger charge is 2.13. The van der Waals surface area contributed by atoms with E-state index in [-0.39, 0.29) is 5.92 Å². The molecule has 1 atom stereocenters. The van der Waals surface area contributed by atoms with Crippen LogP contribution in [0.1, 0.15) is 32.1 Å². The second-order valence-corrected chi connectivity index (χ2v) is 3.23. The lowest BCUT2D eigenvalue weighted by atomic mass is 9.88. The molecule has 1 aliphatic rings. The summed E-state index contributed by atoms with van der Waals surface area (Å²) in [6.07, 6.45) is 9.69. The van der Waals surface area contributed by atoms with Crippen LogP contribution in [0, 0.1) is 17.2 Å². The maximum Gasteiger partial charge on any atom is 0.0707 e. The molecule has 1 aliphatic carbocycles. The van der Waals surface area contributed by atoms with E-state index in [2.05, 4.69) is 18.7 Å². The first-order valence-corrected chi connectivity index (χ1v) is 4.58. The van der Waals surface area contributed by atoms with Crippen molar-refractivity contribution in [3.8, 4) is 6.07 Å². The minimum Gasteiger partial charge on any atom is -0.198 e. The van der Waals surface area contributed by atoms with Gasteiger partial charge in [0.25, 0.3) is 0 Å². The molecule has 1 nitrogen and oxygen atoms in total. The van der Waals surface area contributed by atoms with Gasteiger partial charge in [-0.2, -0.15) is 5.26 Å². The van der Waals surface area contributed by atoms with Crippen LogP contribution in [0.15, 0.2) is 24.3 Å². The molecular weight excluding hydrogens is 146 g/mol. The van der Waals surface area contributed by atoms with E-state index < -0.39 is 0 Å². The van der Waals surface area contributed by atoms with Gasteiger partial charge in [0, 0.05) is 0 Å². The number of hydrogen-bond acceptors (Lipinski definition) is 1. The minimum atomic E-state index is 0.0998. The summed E-state index contributed by atoms with van der Waals surface area (Å²) in [5.74, 6) is 0.0998. The van der Waals surface area contributed by atoms with E-state index in [1.165, 1.54) is 18.4 Å². The normalized spacial score (nSPS) is 19.1.